The largest absolute Gasteiger partial charge is 0.369 e. The van der Waals surface area contributed by atoms with Crippen LogP contribution in [0.1, 0.15) is 5.56 Å². The fraction of sp³-hybridized carbons (Fsp3) is 0.0667. The van der Waals surface area contributed by atoms with Crippen molar-refractivity contribution in [3.63, 3.8) is 0 Å². The Labute approximate surface area is 130 Å². The number of aromatic nitrogens is 3. The van der Waals surface area contributed by atoms with Gasteiger partial charge < -0.3 is 5.73 Å². The Bertz CT molecular complexity index is 951. The minimum Gasteiger partial charge on any atom is -0.369 e. The standard InChI is InChI=1S/C15H11N5OS/c1-20-13(21)6-11(19-15(20)17)14-18-12(8-22-14)10-4-2-3-9(5-10)7-16/h2-6,8H,1H3,(H2,17,19). The van der Waals surface area contributed by atoms with Gasteiger partial charge in [-0.15, -0.1) is 11.3 Å². The Balaban J connectivity index is 2.04. The molecular formula is C15H11N5OS. The maximum atomic E-state index is 11.8. The summed E-state index contributed by atoms with van der Waals surface area (Å²) >= 11 is 1.37. The van der Waals surface area contributed by atoms with Gasteiger partial charge in [-0.25, -0.2) is 9.97 Å². The first kappa shape index (κ1) is 14.0. The molecule has 6 nitrogen and oxygen atoms in total. The Morgan fingerprint density at radius 1 is 1.27 bits per heavy atom. The van der Waals surface area contributed by atoms with E-state index in [0.717, 1.165) is 11.3 Å². The van der Waals surface area contributed by atoms with Crippen LogP contribution >= 0.6 is 11.3 Å². The van der Waals surface area contributed by atoms with Crippen LogP contribution in [0.5, 0.6) is 0 Å². The van der Waals surface area contributed by atoms with Gasteiger partial charge in [0, 0.05) is 24.1 Å². The molecule has 0 unspecified atom stereocenters. The topological polar surface area (TPSA) is 97.6 Å². The third kappa shape index (κ3) is 2.47. The van der Waals surface area contributed by atoms with Gasteiger partial charge in [0.05, 0.1) is 17.3 Å². The van der Waals surface area contributed by atoms with Crippen LogP contribution in [-0.4, -0.2) is 14.5 Å². The average molecular weight is 309 g/mol. The normalized spacial score (nSPS) is 10.4. The molecule has 0 spiro atoms. The van der Waals surface area contributed by atoms with E-state index in [1.807, 2.05) is 11.4 Å². The lowest BCUT2D eigenvalue weighted by Crippen LogP contribution is -2.20. The first-order valence-corrected chi connectivity index (χ1v) is 7.26. The highest BCUT2D eigenvalue weighted by atomic mass is 32.1. The van der Waals surface area contributed by atoms with Crippen LogP contribution in [0.4, 0.5) is 5.95 Å². The van der Waals surface area contributed by atoms with E-state index in [1.54, 1.807) is 25.2 Å². The average Bonchev–Trinajstić information content (AvgIpc) is 3.02. The second-order valence-corrected chi connectivity index (χ2v) is 5.49. The van der Waals surface area contributed by atoms with Crippen molar-refractivity contribution in [1.29, 1.82) is 5.26 Å². The summed E-state index contributed by atoms with van der Waals surface area (Å²) in [5.74, 6) is 0.144. The molecule has 0 aliphatic heterocycles. The van der Waals surface area contributed by atoms with E-state index in [1.165, 1.54) is 22.0 Å². The second kappa shape index (κ2) is 5.42. The van der Waals surface area contributed by atoms with E-state index in [9.17, 15) is 4.79 Å². The first-order valence-electron chi connectivity index (χ1n) is 6.38. The smallest absolute Gasteiger partial charge is 0.255 e. The molecule has 22 heavy (non-hydrogen) atoms. The summed E-state index contributed by atoms with van der Waals surface area (Å²) < 4.78 is 1.27. The summed E-state index contributed by atoms with van der Waals surface area (Å²) in [5.41, 5.74) is 8.08. The van der Waals surface area contributed by atoms with Crippen molar-refractivity contribution in [2.45, 2.75) is 0 Å². The van der Waals surface area contributed by atoms with E-state index in [2.05, 4.69) is 16.0 Å². The maximum absolute atomic E-state index is 11.8. The van der Waals surface area contributed by atoms with Gasteiger partial charge in [-0.2, -0.15) is 5.26 Å². The van der Waals surface area contributed by atoms with Crippen molar-refractivity contribution in [3.8, 4) is 28.0 Å². The summed E-state index contributed by atoms with van der Waals surface area (Å²) in [7, 11) is 1.56. The highest BCUT2D eigenvalue weighted by molar-refractivity contribution is 7.13. The van der Waals surface area contributed by atoms with Gasteiger partial charge in [0.15, 0.2) is 0 Å². The SMILES string of the molecule is Cn1c(N)nc(-c2nc(-c3cccc(C#N)c3)cs2)cc1=O. The molecule has 0 bridgehead atoms. The summed E-state index contributed by atoms with van der Waals surface area (Å²) in [6, 6.07) is 10.7. The van der Waals surface area contributed by atoms with Crippen LogP contribution < -0.4 is 11.3 Å². The van der Waals surface area contributed by atoms with Crippen molar-refractivity contribution in [1.82, 2.24) is 14.5 Å². The number of benzene rings is 1. The van der Waals surface area contributed by atoms with Gasteiger partial charge >= 0.3 is 0 Å². The number of nitrogens with zero attached hydrogens (tertiary/aromatic N) is 4. The molecule has 2 N–H and O–H groups in total. The Morgan fingerprint density at radius 2 is 2.09 bits per heavy atom. The number of nitrogens with two attached hydrogens (primary N) is 1. The number of hydrogen-bond acceptors (Lipinski definition) is 6. The molecule has 2 heterocycles. The number of nitriles is 1. The summed E-state index contributed by atoms with van der Waals surface area (Å²) in [6.07, 6.45) is 0. The fourth-order valence-electron chi connectivity index (χ4n) is 1.94. The molecule has 7 heteroatoms. The van der Waals surface area contributed by atoms with Crippen LogP contribution in [0.2, 0.25) is 0 Å². The molecular weight excluding hydrogens is 298 g/mol. The van der Waals surface area contributed by atoms with Crippen molar-refractivity contribution in [2.75, 3.05) is 5.73 Å². The molecule has 108 valence electrons. The predicted molar refractivity (Wildman–Crippen MR) is 85.1 cm³/mol. The van der Waals surface area contributed by atoms with Gasteiger partial charge in [-0.1, -0.05) is 12.1 Å². The highest BCUT2D eigenvalue weighted by Crippen LogP contribution is 2.27. The summed E-state index contributed by atoms with van der Waals surface area (Å²) in [6.45, 7) is 0. The van der Waals surface area contributed by atoms with Crippen LogP contribution in [0.25, 0.3) is 22.0 Å². The lowest BCUT2D eigenvalue weighted by molar-refractivity contribution is 0.845. The molecule has 3 rings (SSSR count). The van der Waals surface area contributed by atoms with Crippen LogP contribution in [-0.2, 0) is 7.05 Å². The van der Waals surface area contributed by atoms with Crippen molar-refractivity contribution >= 4 is 17.3 Å². The zero-order chi connectivity index (χ0) is 15.7. The minimum absolute atomic E-state index is 0.144. The molecule has 0 amide bonds. The monoisotopic (exact) mass is 309 g/mol. The zero-order valence-electron chi connectivity index (χ0n) is 11.6. The molecule has 2 aromatic heterocycles. The Kier molecular flexibility index (Phi) is 3.45. The molecule has 0 atom stereocenters. The summed E-state index contributed by atoms with van der Waals surface area (Å²) in [4.78, 5) is 20.4. The summed E-state index contributed by atoms with van der Waals surface area (Å²) in [5, 5.41) is 11.4. The van der Waals surface area contributed by atoms with Crippen LogP contribution in [0.3, 0.4) is 0 Å². The number of anilines is 1. The van der Waals surface area contributed by atoms with Gasteiger partial charge in [-0.3, -0.25) is 9.36 Å². The van der Waals surface area contributed by atoms with E-state index in [0.29, 0.717) is 16.3 Å². The molecule has 0 saturated heterocycles. The Hall–Kier alpha value is -2.98. The fourth-order valence-corrected chi connectivity index (χ4v) is 2.73. The first-order chi connectivity index (χ1) is 10.6. The number of thiazole rings is 1. The van der Waals surface area contributed by atoms with Crippen molar-refractivity contribution < 1.29 is 0 Å². The highest BCUT2D eigenvalue weighted by Gasteiger charge is 2.11. The molecule has 1 aromatic carbocycles. The van der Waals surface area contributed by atoms with Crippen molar-refractivity contribution in [2.24, 2.45) is 7.05 Å². The van der Waals surface area contributed by atoms with Gasteiger partial charge in [0.25, 0.3) is 5.56 Å². The van der Waals surface area contributed by atoms with E-state index < -0.39 is 0 Å². The van der Waals surface area contributed by atoms with Gasteiger partial charge in [-0.05, 0) is 12.1 Å². The minimum atomic E-state index is -0.231. The number of rotatable bonds is 2. The number of hydrogen-bond donors (Lipinski definition) is 1. The molecule has 0 fully saturated rings. The molecule has 3 aromatic rings. The van der Waals surface area contributed by atoms with E-state index in [-0.39, 0.29) is 11.5 Å². The van der Waals surface area contributed by atoms with Crippen molar-refractivity contribution in [3.05, 3.63) is 51.6 Å². The van der Waals surface area contributed by atoms with E-state index >= 15 is 0 Å². The molecule has 0 aliphatic rings. The van der Waals surface area contributed by atoms with Gasteiger partial charge in [0.2, 0.25) is 5.95 Å². The van der Waals surface area contributed by atoms with Crippen LogP contribution in [0, 0.1) is 11.3 Å². The third-order valence-electron chi connectivity index (χ3n) is 3.18. The molecule has 0 radical (unpaired) electrons. The quantitative estimate of drug-likeness (QED) is 0.781. The van der Waals surface area contributed by atoms with E-state index in [4.69, 9.17) is 11.0 Å². The molecule has 0 saturated carbocycles. The zero-order valence-corrected chi connectivity index (χ0v) is 12.5. The van der Waals surface area contributed by atoms with Crippen LogP contribution in [0.15, 0.2) is 40.5 Å². The maximum Gasteiger partial charge on any atom is 0.255 e. The predicted octanol–water partition coefficient (Wildman–Crippen LogP) is 2.02. The lowest BCUT2D eigenvalue weighted by Gasteiger charge is -2.02. The molecule has 0 aliphatic carbocycles. The second-order valence-electron chi connectivity index (χ2n) is 4.63. The van der Waals surface area contributed by atoms with Gasteiger partial charge in [0.1, 0.15) is 10.7 Å². The third-order valence-corrected chi connectivity index (χ3v) is 4.04. The number of nitrogen functional groups attached to an aromatic ring is 1. The lowest BCUT2D eigenvalue weighted by atomic mass is 10.1. The Morgan fingerprint density at radius 3 is 2.82 bits per heavy atom.